The van der Waals surface area contributed by atoms with Crippen LogP contribution in [-0.2, 0) is 16.3 Å². The van der Waals surface area contributed by atoms with Gasteiger partial charge >= 0.3 is 0 Å². The van der Waals surface area contributed by atoms with Crippen molar-refractivity contribution in [2.24, 2.45) is 5.73 Å². The Morgan fingerprint density at radius 1 is 1.44 bits per heavy atom. The van der Waals surface area contributed by atoms with Crippen LogP contribution < -0.4 is 5.73 Å². The monoisotopic (exact) mass is 289 g/mol. The largest absolute Gasteiger partial charge is 0.325 e. The molecular formula is C12H16FNO2S2. The minimum Gasteiger partial charge on any atom is -0.325 e. The summed E-state index contributed by atoms with van der Waals surface area (Å²) < 4.78 is 37.3. The molecule has 0 saturated heterocycles. The number of halogens is 1. The molecule has 0 spiro atoms. The second-order valence-corrected chi connectivity index (χ2v) is 7.72. The molecule has 1 aromatic rings. The van der Waals surface area contributed by atoms with Crippen LogP contribution in [0.5, 0.6) is 0 Å². The molecule has 1 saturated carbocycles. The van der Waals surface area contributed by atoms with Crippen molar-refractivity contribution in [3.63, 3.8) is 0 Å². The lowest BCUT2D eigenvalue weighted by atomic mass is 10.1. The predicted molar refractivity (Wildman–Crippen MR) is 71.1 cm³/mol. The van der Waals surface area contributed by atoms with Crippen LogP contribution in [0.2, 0.25) is 0 Å². The Kier molecular flexibility index (Phi) is 3.46. The molecule has 2 N–H and O–H groups in total. The molecule has 0 bridgehead atoms. The Morgan fingerprint density at radius 2 is 2.06 bits per heavy atom. The van der Waals surface area contributed by atoms with E-state index >= 15 is 0 Å². The zero-order valence-corrected chi connectivity index (χ0v) is 12.0. The van der Waals surface area contributed by atoms with Crippen LogP contribution in [-0.4, -0.2) is 26.5 Å². The Morgan fingerprint density at radius 3 is 2.50 bits per heavy atom. The second kappa shape index (κ2) is 4.51. The van der Waals surface area contributed by atoms with E-state index in [-0.39, 0.29) is 15.3 Å². The van der Waals surface area contributed by atoms with Crippen molar-refractivity contribution in [1.29, 1.82) is 0 Å². The molecule has 1 fully saturated rings. The molecule has 0 heterocycles. The molecule has 0 unspecified atom stereocenters. The zero-order valence-electron chi connectivity index (χ0n) is 10.4. The summed E-state index contributed by atoms with van der Waals surface area (Å²) in [7, 11) is -3.43. The van der Waals surface area contributed by atoms with E-state index in [0.29, 0.717) is 12.0 Å². The Hall–Kier alpha value is -0.590. The van der Waals surface area contributed by atoms with E-state index < -0.39 is 15.7 Å². The van der Waals surface area contributed by atoms with Crippen LogP contribution in [0.4, 0.5) is 4.39 Å². The zero-order chi connectivity index (χ0) is 13.6. The topological polar surface area (TPSA) is 60.2 Å². The molecule has 100 valence electrons. The predicted octanol–water partition coefficient (Wildman–Crippen LogP) is 1.98. The van der Waals surface area contributed by atoms with Gasteiger partial charge in [0, 0.05) is 11.8 Å². The second-order valence-electron chi connectivity index (χ2n) is 4.92. The smallest absolute Gasteiger partial charge is 0.176 e. The molecule has 0 aliphatic heterocycles. The molecule has 0 amide bonds. The van der Waals surface area contributed by atoms with Gasteiger partial charge < -0.3 is 5.73 Å². The molecule has 0 atom stereocenters. The van der Waals surface area contributed by atoms with E-state index in [4.69, 9.17) is 5.73 Å². The molecular weight excluding hydrogens is 273 g/mol. The molecule has 0 radical (unpaired) electrons. The Balaban J connectivity index is 2.49. The maximum Gasteiger partial charge on any atom is 0.176 e. The van der Waals surface area contributed by atoms with Crippen LogP contribution in [0, 0.1) is 5.82 Å². The Labute approximate surface area is 111 Å². The van der Waals surface area contributed by atoms with Gasteiger partial charge in [0.1, 0.15) is 5.82 Å². The van der Waals surface area contributed by atoms with Gasteiger partial charge in [-0.05, 0) is 43.2 Å². The highest BCUT2D eigenvalue weighted by Crippen LogP contribution is 2.37. The van der Waals surface area contributed by atoms with Gasteiger partial charge in [-0.25, -0.2) is 12.8 Å². The first-order chi connectivity index (χ1) is 8.25. The van der Waals surface area contributed by atoms with E-state index in [9.17, 15) is 12.8 Å². The maximum atomic E-state index is 13.9. The van der Waals surface area contributed by atoms with Crippen molar-refractivity contribution in [2.75, 3.05) is 12.5 Å². The lowest BCUT2D eigenvalue weighted by molar-refractivity contribution is 0.572. The van der Waals surface area contributed by atoms with Gasteiger partial charge in [-0.1, -0.05) is 0 Å². The number of nitrogens with two attached hydrogens (primary N) is 1. The molecule has 0 aromatic heterocycles. The molecule has 18 heavy (non-hydrogen) atoms. The quantitative estimate of drug-likeness (QED) is 0.861. The number of rotatable bonds is 4. The van der Waals surface area contributed by atoms with Gasteiger partial charge in [0.25, 0.3) is 0 Å². The SMILES string of the molecule is CSc1c(F)cc(CC2(N)CC2)cc1S(C)(=O)=O. The van der Waals surface area contributed by atoms with Crippen molar-refractivity contribution in [3.05, 3.63) is 23.5 Å². The summed E-state index contributed by atoms with van der Waals surface area (Å²) in [6, 6.07) is 2.95. The lowest BCUT2D eigenvalue weighted by Crippen LogP contribution is -2.24. The van der Waals surface area contributed by atoms with Gasteiger partial charge in [0.15, 0.2) is 9.84 Å². The minimum absolute atomic E-state index is 0.0641. The van der Waals surface area contributed by atoms with Gasteiger partial charge in [-0.2, -0.15) is 0 Å². The van der Waals surface area contributed by atoms with Gasteiger partial charge in [0.2, 0.25) is 0 Å². The van der Waals surface area contributed by atoms with Crippen molar-refractivity contribution < 1.29 is 12.8 Å². The number of sulfone groups is 1. The fourth-order valence-electron chi connectivity index (χ4n) is 1.94. The third kappa shape index (κ3) is 2.87. The van der Waals surface area contributed by atoms with Gasteiger partial charge in [-0.3, -0.25) is 0 Å². The summed E-state index contributed by atoms with van der Waals surface area (Å²) >= 11 is 1.11. The van der Waals surface area contributed by atoms with E-state index in [1.54, 1.807) is 12.3 Å². The number of benzene rings is 1. The van der Waals surface area contributed by atoms with Gasteiger partial charge in [0.05, 0.1) is 9.79 Å². The fraction of sp³-hybridized carbons (Fsp3) is 0.500. The van der Waals surface area contributed by atoms with Crippen LogP contribution in [0.25, 0.3) is 0 Å². The number of hydrogen-bond acceptors (Lipinski definition) is 4. The molecule has 2 rings (SSSR count). The third-order valence-corrected chi connectivity index (χ3v) is 5.19. The van der Waals surface area contributed by atoms with Crippen LogP contribution in [0.1, 0.15) is 18.4 Å². The van der Waals surface area contributed by atoms with Crippen molar-refractivity contribution in [2.45, 2.75) is 34.6 Å². The normalized spacial score (nSPS) is 17.8. The summed E-state index contributed by atoms with van der Waals surface area (Å²) in [6.07, 6.45) is 5.11. The molecule has 1 aliphatic carbocycles. The lowest BCUT2D eigenvalue weighted by Gasteiger charge is -2.13. The average molecular weight is 289 g/mol. The highest BCUT2D eigenvalue weighted by atomic mass is 32.2. The molecule has 1 aliphatic rings. The first-order valence-corrected chi connectivity index (χ1v) is 8.72. The fourth-order valence-corrected chi connectivity index (χ4v) is 3.96. The Bertz CT molecular complexity index is 580. The van der Waals surface area contributed by atoms with Crippen LogP contribution >= 0.6 is 11.8 Å². The standard InChI is InChI=1S/C12H16FNO2S2/c1-17-11-9(13)5-8(7-12(14)3-4-12)6-10(11)18(2,15)16/h5-6H,3-4,7,14H2,1-2H3. The summed E-state index contributed by atoms with van der Waals surface area (Å²) in [5.74, 6) is -0.482. The third-order valence-electron chi connectivity index (χ3n) is 3.12. The van der Waals surface area contributed by atoms with E-state index in [1.165, 1.54) is 6.07 Å². The summed E-state index contributed by atoms with van der Waals surface area (Å²) in [5.41, 5.74) is 6.38. The summed E-state index contributed by atoms with van der Waals surface area (Å²) in [6.45, 7) is 0. The highest BCUT2D eigenvalue weighted by Gasteiger charge is 2.38. The molecule has 1 aromatic carbocycles. The molecule has 3 nitrogen and oxygen atoms in total. The van der Waals surface area contributed by atoms with Crippen LogP contribution in [0.3, 0.4) is 0 Å². The van der Waals surface area contributed by atoms with E-state index in [1.807, 2.05) is 0 Å². The van der Waals surface area contributed by atoms with Crippen molar-refractivity contribution in [3.8, 4) is 0 Å². The van der Waals surface area contributed by atoms with Crippen molar-refractivity contribution >= 4 is 21.6 Å². The number of hydrogen-bond donors (Lipinski definition) is 1. The van der Waals surface area contributed by atoms with Gasteiger partial charge in [-0.15, -0.1) is 11.8 Å². The maximum absolute atomic E-state index is 13.9. The highest BCUT2D eigenvalue weighted by molar-refractivity contribution is 7.99. The first-order valence-electron chi connectivity index (χ1n) is 5.60. The van der Waals surface area contributed by atoms with Crippen LogP contribution in [0.15, 0.2) is 21.9 Å². The van der Waals surface area contributed by atoms with E-state index in [0.717, 1.165) is 30.9 Å². The summed E-state index contributed by atoms with van der Waals surface area (Å²) in [5, 5.41) is 0. The first kappa shape index (κ1) is 13.8. The number of thioether (sulfide) groups is 1. The van der Waals surface area contributed by atoms with E-state index in [2.05, 4.69) is 0 Å². The minimum atomic E-state index is -3.43. The molecule has 6 heteroatoms. The summed E-state index contributed by atoms with van der Waals surface area (Å²) in [4.78, 5) is 0.248. The van der Waals surface area contributed by atoms with Crippen molar-refractivity contribution in [1.82, 2.24) is 0 Å². The average Bonchev–Trinajstić information content (AvgIpc) is 2.94.